The van der Waals surface area contributed by atoms with Gasteiger partial charge in [0.05, 0.1) is 6.61 Å². The first-order valence-electron chi connectivity index (χ1n) is 6.86. The van der Waals surface area contributed by atoms with Crippen molar-refractivity contribution in [2.45, 2.75) is 38.1 Å². The largest absolute Gasteiger partial charge is 0.381 e. The lowest BCUT2D eigenvalue weighted by molar-refractivity contribution is -0.131. The van der Waals surface area contributed by atoms with E-state index in [-0.39, 0.29) is 12.4 Å². The van der Waals surface area contributed by atoms with Crippen LogP contribution in [0.1, 0.15) is 32.1 Å². The van der Waals surface area contributed by atoms with E-state index in [2.05, 4.69) is 10.2 Å². The van der Waals surface area contributed by atoms with Gasteiger partial charge in [0, 0.05) is 37.6 Å². The average Bonchev–Trinajstić information content (AvgIpc) is 3.03. The van der Waals surface area contributed by atoms with Crippen LogP contribution in [0.2, 0.25) is 0 Å². The molecule has 5 heteroatoms. The fourth-order valence-electron chi connectivity index (χ4n) is 3.39. The molecule has 0 aromatic carbocycles. The zero-order valence-electron chi connectivity index (χ0n) is 10.8. The molecule has 3 aliphatic rings. The van der Waals surface area contributed by atoms with Gasteiger partial charge in [-0.05, 0) is 32.2 Å². The molecule has 3 heterocycles. The highest BCUT2D eigenvalue weighted by Gasteiger charge is 2.42. The molecule has 0 aromatic rings. The van der Waals surface area contributed by atoms with Crippen LogP contribution in [-0.2, 0) is 9.53 Å². The quantitative estimate of drug-likeness (QED) is 0.822. The maximum atomic E-state index is 12.2. The van der Waals surface area contributed by atoms with Gasteiger partial charge in [0.2, 0.25) is 5.91 Å². The van der Waals surface area contributed by atoms with Crippen LogP contribution in [0.4, 0.5) is 0 Å². The number of halogens is 1. The zero-order valence-corrected chi connectivity index (χ0v) is 11.6. The summed E-state index contributed by atoms with van der Waals surface area (Å²) >= 11 is 0. The number of amides is 1. The molecule has 3 saturated heterocycles. The molecule has 0 radical (unpaired) electrons. The van der Waals surface area contributed by atoms with Crippen molar-refractivity contribution < 1.29 is 9.53 Å². The minimum absolute atomic E-state index is 0. The first-order valence-corrected chi connectivity index (χ1v) is 6.86. The van der Waals surface area contributed by atoms with Crippen LogP contribution in [-0.4, -0.2) is 49.7 Å². The number of carbonyl (C=O) groups excluding carboxylic acids is 1. The second-order valence-corrected chi connectivity index (χ2v) is 5.87. The van der Waals surface area contributed by atoms with E-state index in [4.69, 9.17) is 4.74 Å². The summed E-state index contributed by atoms with van der Waals surface area (Å²) in [6, 6.07) is 0.430. The fraction of sp³-hybridized carbons (Fsp3) is 0.923. The lowest BCUT2D eigenvalue weighted by Crippen LogP contribution is -2.36. The lowest BCUT2D eigenvalue weighted by Gasteiger charge is -2.23. The highest BCUT2D eigenvalue weighted by molar-refractivity contribution is 5.85. The number of hydrogen-bond donors (Lipinski definition) is 1. The van der Waals surface area contributed by atoms with Gasteiger partial charge >= 0.3 is 0 Å². The summed E-state index contributed by atoms with van der Waals surface area (Å²) < 4.78 is 5.49. The molecule has 0 aromatic heterocycles. The van der Waals surface area contributed by atoms with Crippen LogP contribution in [0.3, 0.4) is 0 Å². The van der Waals surface area contributed by atoms with Gasteiger partial charge < -0.3 is 15.0 Å². The van der Waals surface area contributed by atoms with E-state index in [1.54, 1.807) is 0 Å². The molecular formula is C13H23ClN2O2. The molecule has 104 valence electrons. The SMILES string of the molecule is Cl.O=C(CC1CCCN1)N1CCC2(CCOC2)C1. The van der Waals surface area contributed by atoms with Gasteiger partial charge in [-0.15, -0.1) is 12.4 Å². The summed E-state index contributed by atoms with van der Waals surface area (Å²) in [4.78, 5) is 14.3. The summed E-state index contributed by atoms with van der Waals surface area (Å²) in [7, 11) is 0. The molecule has 3 fully saturated rings. The van der Waals surface area contributed by atoms with Gasteiger partial charge in [0.25, 0.3) is 0 Å². The first-order chi connectivity index (χ1) is 8.27. The molecule has 3 rings (SSSR count). The molecular weight excluding hydrogens is 252 g/mol. The summed E-state index contributed by atoms with van der Waals surface area (Å²) in [5, 5.41) is 3.40. The number of ether oxygens (including phenoxy) is 1. The van der Waals surface area contributed by atoms with Crippen molar-refractivity contribution in [3.63, 3.8) is 0 Å². The number of nitrogens with zero attached hydrogens (tertiary/aromatic N) is 1. The van der Waals surface area contributed by atoms with Crippen molar-refractivity contribution in [1.82, 2.24) is 10.2 Å². The fourth-order valence-corrected chi connectivity index (χ4v) is 3.39. The molecule has 0 saturated carbocycles. The van der Waals surface area contributed by atoms with Crippen LogP contribution in [0.5, 0.6) is 0 Å². The molecule has 1 N–H and O–H groups in total. The van der Waals surface area contributed by atoms with Crippen LogP contribution < -0.4 is 5.32 Å². The molecule has 2 unspecified atom stereocenters. The topological polar surface area (TPSA) is 41.6 Å². The minimum Gasteiger partial charge on any atom is -0.381 e. The summed E-state index contributed by atoms with van der Waals surface area (Å²) in [6.07, 6.45) is 5.34. The standard InChI is InChI=1S/C13H22N2O2.ClH/c16-12(8-11-2-1-5-14-11)15-6-3-13(9-15)4-7-17-10-13;/h11,14H,1-10H2;1H. The molecule has 4 nitrogen and oxygen atoms in total. The highest BCUT2D eigenvalue weighted by Crippen LogP contribution is 2.38. The van der Waals surface area contributed by atoms with Crippen molar-refractivity contribution in [2.75, 3.05) is 32.8 Å². The van der Waals surface area contributed by atoms with Gasteiger partial charge in [-0.3, -0.25) is 4.79 Å². The molecule has 1 amide bonds. The van der Waals surface area contributed by atoms with E-state index >= 15 is 0 Å². The zero-order chi connectivity index (χ0) is 11.7. The summed E-state index contributed by atoms with van der Waals surface area (Å²) in [5.41, 5.74) is 0.304. The highest BCUT2D eigenvalue weighted by atomic mass is 35.5. The maximum absolute atomic E-state index is 12.2. The second-order valence-electron chi connectivity index (χ2n) is 5.87. The molecule has 0 aliphatic carbocycles. The Hall–Kier alpha value is -0.320. The minimum atomic E-state index is 0. The van der Waals surface area contributed by atoms with Gasteiger partial charge in [0.1, 0.15) is 0 Å². The Bertz CT molecular complexity index is 299. The number of rotatable bonds is 2. The van der Waals surface area contributed by atoms with E-state index < -0.39 is 0 Å². The molecule has 3 aliphatic heterocycles. The number of nitrogens with one attached hydrogen (secondary N) is 1. The van der Waals surface area contributed by atoms with Crippen molar-refractivity contribution in [1.29, 1.82) is 0 Å². The Morgan fingerprint density at radius 2 is 2.33 bits per heavy atom. The normalized spacial score (nSPS) is 35.1. The number of hydrogen-bond acceptors (Lipinski definition) is 3. The van der Waals surface area contributed by atoms with Crippen molar-refractivity contribution in [2.24, 2.45) is 5.41 Å². The van der Waals surface area contributed by atoms with Crippen LogP contribution in [0.15, 0.2) is 0 Å². The third kappa shape index (κ3) is 2.81. The Kier molecular flexibility index (Phi) is 4.51. The predicted octanol–water partition coefficient (Wildman–Crippen LogP) is 1.19. The molecule has 1 spiro atoms. The van der Waals surface area contributed by atoms with Gasteiger partial charge in [-0.1, -0.05) is 0 Å². The van der Waals surface area contributed by atoms with Gasteiger partial charge in [-0.2, -0.15) is 0 Å². The van der Waals surface area contributed by atoms with E-state index in [1.807, 2.05) is 0 Å². The summed E-state index contributed by atoms with van der Waals surface area (Å²) in [5.74, 6) is 0.341. The third-order valence-corrected chi connectivity index (χ3v) is 4.56. The lowest BCUT2D eigenvalue weighted by atomic mass is 9.87. The van der Waals surface area contributed by atoms with Crippen molar-refractivity contribution in [3.05, 3.63) is 0 Å². The maximum Gasteiger partial charge on any atom is 0.224 e. The Morgan fingerprint density at radius 1 is 1.44 bits per heavy atom. The number of likely N-dealkylation sites (tertiary alicyclic amines) is 1. The van der Waals surface area contributed by atoms with E-state index in [0.717, 1.165) is 52.1 Å². The molecule has 18 heavy (non-hydrogen) atoms. The summed E-state index contributed by atoms with van der Waals surface area (Å²) in [6.45, 7) is 4.69. The number of carbonyl (C=O) groups is 1. The van der Waals surface area contributed by atoms with Crippen LogP contribution in [0.25, 0.3) is 0 Å². The molecule has 0 bridgehead atoms. The van der Waals surface area contributed by atoms with Gasteiger partial charge in [0.15, 0.2) is 0 Å². The molecule has 2 atom stereocenters. The predicted molar refractivity (Wildman–Crippen MR) is 72.0 cm³/mol. The smallest absolute Gasteiger partial charge is 0.224 e. The Balaban J connectivity index is 0.00000120. The average molecular weight is 275 g/mol. The Morgan fingerprint density at radius 3 is 3.00 bits per heavy atom. The van der Waals surface area contributed by atoms with E-state index in [0.29, 0.717) is 23.8 Å². The van der Waals surface area contributed by atoms with E-state index in [1.165, 1.54) is 6.42 Å². The second kappa shape index (κ2) is 5.76. The van der Waals surface area contributed by atoms with Crippen molar-refractivity contribution in [3.8, 4) is 0 Å². The van der Waals surface area contributed by atoms with Crippen LogP contribution >= 0.6 is 12.4 Å². The Labute approximate surface area is 115 Å². The monoisotopic (exact) mass is 274 g/mol. The van der Waals surface area contributed by atoms with Gasteiger partial charge in [-0.25, -0.2) is 0 Å². The third-order valence-electron chi connectivity index (χ3n) is 4.56. The van der Waals surface area contributed by atoms with Crippen molar-refractivity contribution >= 4 is 18.3 Å². The van der Waals surface area contributed by atoms with E-state index in [9.17, 15) is 4.79 Å². The van der Waals surface area contributed by atoms with Crippen LogP contribution in [0, 0.1) is 5.41 Å². The first kappa shape index (κ1) is 14.1.